The minimum absolute atomic E-state index is 0.199. The van der Waals surface area contributed by atoms with Gasteiger partial charge in [-0.15, -0.1) is 0 Å². The standard InChI is InChI=1S/C17H24BrFO/c1-2-3-4-5-6-7-8-11-15(20)13-14-10-9-12-16(19)17(14)18/h9-10,12H,2-8,11,13H2,1H3. The van der Waals surface area contributed by atoms with Crippen LogP contribution in [0.2, 0.25) is 0 Å². The van der Waals surface area contributed by atoms with Crippen molar-refractivity contribution in [1.82, 2.24) is 0 Å². The molecule has 1 nitrogen and oxygen atoms in total. The van der Waals surface area contributed by atoms with Gasteiger partial charge in [0, 0.05) is 12.8 Å². The molecule has 0 aliphatic rings. The summed E-state index contributed by atoms with van der Waals surface area (Å²) in [6, 6.07) is 4.85. The van der Waals surface area contributed by atoms with Gasteiger partial charge in [0.25, 0.3) is 0 Å². The highest BCUT2D eigenvalue weighted by Crippen LogP contribution is 2.21. The van der Waals surface area contributed by atoms with Crippen LogP contribution >= 0.6 is 15.9 Å². The maximum absolute atomic E-state index is 13.3. The van der Waals surface area contributed by atoms with Crippen LogP contribution in [0.1, 0.15) is 63.9 Å². The van der Waals surface area contributed by atoms with Gasteiger partial charge in [-0.2, -0.15) is 0 Å². The predicted molar refractivity (Wildman–Crippen MR) is 85.4 cm³/mol. The average molecular weight is 343 g/mol. The lowest BCUT2D eigenvalue weighted by molar-refractivity contribution is -0.118. The van der Waals surface area contributed by atoms with Crippen LogP contribution in [-0.2, 0) is 11.2 Å². The monoisotopic (exact) mass is 342 g/mol. The molecule has 0 bridgehead atoms. The number of Topliss-reactive ketones (excluding diaryl/α,β-unsaturated/α-hetero) is 1. The van der Waals surface area contributed by atoms with Crippen molar-refractivity contribution in [3.8, 4) is 0 Å². The Morgan fingerprint density at radius 3 is 2.45 bits per heavy atom. The third-order valence-corrected chi connectivity index (χ3v) is 4.37. The molecule has 1 aromatic carbocycles. The molecule has 1 aromatic rings. The molecule has 1 rings (SSSR count). The van der Waals surface area contributed by atoms with Crippen LogP contribution in [0.3, 0.4) is 0 Å². The molecule has 0 spiro atoms. The fourth-order valence-electron chi connectivity index (χ4n) is 2.27. The van der Waals surface area contributed by atoms with Gasteiger partial charge in [0.2, 0.25) is 0 Å². The second-order valence-corrected chi connectivity index (χ2v) is 6.09. The molecule has 0 atom stereocenters. The zero-order valence-electron chi connectivity index (χ0n) is 12.3. The molecule has 0 radical (unpaired) electrons. The molecule has 0 fully saturated rings. The lowest BCUT2D eigenvalue weighted by Crippen LogP contribution is -2.03. The van der Waals surface area contributed by atoms with Crippen molar-refractivity contribution in [2.24, 2.45) is 0 Å². The van der Waals surface area contributed by atoms with Crippen LogP contribution in [0.4, 0.5) is 4.39 Å². The normalized spacial score (nSPS) is 10.8. The molecule has 20 heavy (non-hydrogen) atoms. The van der Waals surface area contributed by atoms with E-state index in [0.29, 0.717) is 17.3 Å². The van der Waals surface area contributed by atoms with Crippen LogP contribution in [0.15, 0.2) is 22.7 Å². The Hall–Kier alpha value is -0.700. The van der Waals surface area contributed by atoms with Crippen molar-refractivity contribution in [2.45, 2.75) is 64.7 Å². The molecule has 0 aliphatic heterocycles. The Morgan fingerprint density at radius 1 is 1.10 bits per heavy atom. The zero-order valence-corrected chi connectivity index (χ0v) is 13.8. The smallest absolute Gasteiger partial charge is 0.137 e. The molecule has 0 saturated heterocycles. The molecule has 0 aliphatic carbocycles. The summed E-state index contributed by atoms with van der Waals surface area (Å²) in [6.07, 6.45) is 9.39. The molecule has 0 unspecified atom stereocenters. The van der Waals surface area contributed by atoms with Crippen LogP contribution in [0.5, 0.6) is 0 Å². The maximum atomic E-state index is 13.3. The van der Waals surface area contributed by atoms with Gasteiger partial charge in [0.05, 0.1) is 4.47 Å². The summed E-state index contributed by atoms with van der Waals surface area (Å²) in [7, 11) is 0. The molecular formula is C17H24BrFO. The van der Waals surface area contributed by atoms with Crippen LogP contribution in [0, 0.1) is 5.82 Å². The highest BCUT2D eigenvalue weighted by Gasteiger charge is 2.09. The van der Waals surface area contributed by atoms with Gasteiger partial charge < -0.3 is 0 Å². The summed E-state index contributed by atoms with van der Waals surface area (Å²) in [6.45, 7) is 2.21. The molecule has 112 valence electrons. The number of unbranched alkanes of at least 4 members (excludes halogenated alkanes) is 6. The van der Waals surface area contributed by atoms with Crippen LogP contribution < -0.4 is 0 Å². The minimum atomic E-state index is -0.300. The summed E-state index contributed by atoms with van der Waals surface area (Å²) in [5.74, 6) is -0.101. The van der Waals surface area contributed by atoms with Gasteiger partial charge in [0.1, 0.15) is 11.6 Å². The Bertz CT molecular complexity index is 417. The number of rotatable bonds is 10. The number of hydrogen-bond donors (Lipinski definition) is 0. The summed E-state index contributed by atoms with van der Waals surface area (Å²) in [5, 5.41) is 0. The number of carbonyl (C=O) groups is 1. The summed E-state index contributed by atoms with van der Waals surface area (Å²) in [4.78, 5) is 11.9. The van der Waals surface area contributed by atoms with Crippen molar-refractivity contribution in [3.05, 3.63) is 34.1 Å². The van der Waals surface area contributed by atoms with Gasteiger partial charge in [-0.3, -0.25) is 4.79 Å². The number of ketones is 1. The number of benzene rings is 1. The highest BCUT2D eigenvalue weighted by molar-refractivity contribution is 9.10. The first-order valence-corrected chi connectivity index (χ1v) is 8.39. The van der Waals surface area contributed by atoms with E-state index in [1.807, 2.05) is 0 Å². The Morgan fingerprint density at radius 2 is 1.75 bits per heavy atom. The predicted octanol–water partition coefficient (Wildman–Crippen LogP) is 5.84. The third kappa shape index (κ3) is 6.65. The molecule has 0 N–H and O–H groups in total. The Balaban J connectivity index is 2.19. The lowest BCUT2D eigenvalue weighted by Gasteiger charge is -2.05. The second kappa shape index (κ2) is 10.1. The van der Waals surface area contributed by atoms with E-state index in [9.17, 15) is 9.18 Å². The Kier molecular flexibility index (Phi) is 8.75. The van der Waals surface area contributed by atoms with Gasteiger partial charge in [-0.25, -0.2) is 4.39 Å². The zero-order chi connectivity index (χ0) is 14.8. The van der Waals surface area contributed by atoms with Gasteiger partial charge in [-0.05, 0) is 34.0 Å². The van der Waals surface area contributed by atoms with E-state index >= 15 is 0 Å². The van der Waals surface area contributed by atoms with E-state index in [1.165, 1.54) is 38.2 Å². The van der Waals surface area contributed by atoms with Gasteiger partial charge in [-0.1, -0.05) is 57.6 Å². The van der Waals surface area contributed by atoms with Gasteiger partial charge >= 0.3 is 0 Å². The number of carbonyl (C=O) groups excluding carboxylic acids is 1. The fraction of sp³-hybridized carbons (Fsp3) is 0.588. The van der Waals surface area contributed by atoms with Crippen molar-refractivity contribution in [1.29, 1.82) is 0 Å². The second-order valence-electron chi connectivity index (χ2n) is 5.30. The van der Waals surface area contributed by atoms with Gasteiger partial charge in [0.15, 0.2) is 0 Å². The Labute approximate surface area is 130 Å². The van der Waals surface area contributed by atoms with Crippen molar-refractivity contribution in [3.63, 3.8) is 0 Å². The largest absolute Gasteiger partial charge is 0.299 e. The SMILES string of the molecule is CCCCCCCCCC(=O)Cc1cccc(F)c1Br. The molecule has 0 heterocycles. The first-order valence-electron chi connectivity index (χ1n) is 7.59. The van der Waals surface area contributed by atoms with Crippen molar-refractivity contribution in [2.75, 3.05) is 0 Å². The van der Waals surface area contributed by atoms with E-state index < -0.39 is 0 Å². The molecule has 3 heteroatoms. The number of halogens is 2. The molecule has 0 amide bonds. The molecule has 0 saturated carbocycles. The third-order valence-electron chi connectivity index (χ3n) is 3.48. The maximum Gasteiger partial charge on any atom is 0.137 e. The quantitative estimate of drug-likeness (QED) is 0.488. The van der Waals surface area contributed by atoms with Crippen LogP contribution in [-0.4, -0.2) is 5.78 Å². The first-order chi connectivity index (χ1) is 9.65. The molecule has 0 aromatic heterocycles. The van der Waals surface area contributed by atoms with Crippen molar-refractivity contribution < 1.29 is 9.18 Å². The highest BCUT2D eigenvalue weighted by atomic mass is 79.9. The van der Waals surface area contributed by atoms with E-state index in [4.69, 9.17) is 0 Å². The van der Waals surface area contributed by atoms with Crippen LogP contribution in [0.25, 0.3) is 0 Å². The topological polar surface area (TPSA) is 17.1 Å². The summed E-state index contributed by atoms with van der Waals surface area (Å²) in [5.41, 5.74) is 0.748. The summed E-state index contributed by atoms with van der Waals surface area (Å²) >= 11 is 3.20. The van der Waals surface area contributed by atoms with E-state index in [1.54, 1.807) is 12.1 Å². The average Bonchev–Trinajstić information content (AvgIpc) is 2.43. The van der Waals surface area contributed by atoms with E-state index in [2.05, 4.69) is 22.9 Å². The van der Waals surface area contributed by atoms with Crippen molar-refractivity contribution >= 4 is 21.7 Å². The minimum Gasteiger partial charge on any atom is -0.299 e. The van der Waals surface area contributed by atoms with E-state index in [-0.39, 0.29) is 11.6 Å². The lowest BCUT2D eigenvalue weighted by atomic mass is 10.0. The number of hydrogen-bond acceptors (Lipinski definition) is 1. The first kappa shape index (κ1) is 17.4. The summed E-state index contributed by atoms with van der Waals surface area (Å²) < 4.78 is 13.7. The fourth-order valence-corrected chi connectivity index (χ4v) is 2.67. The molecular weight excluding hydrogens is 319 g/mol. The van der Waals surface area contributed by atoms with E-state index in [0.717, 1.165) is 18.4 Å².